The Labute approximate surface area is 104 Å². The minimum Gasteiger partial charge on any atom is -0.376 e. The van der Waals surface area contributed by atoms with Gasteiger partial charge in [0.2, 0.25) is 0 Å². The smallest absolute Gasteiger partial charge is 0.0870 e. The van der Waals surface area contributed by atoms with Crippen LogP contribution >= 0.6 is 0 Å². The Morgan fingerprint density at radius 1 is 1.18 bits per heavy atom. The van der Waals surface area contributed by atoms with E-state index in [9.17, 15) is 0 Å². The predicted molar refractivity (Wildman–Crippen MR) is 70.9 cm³/mol. The summed E-state index contributed by atoms with van der Waals surface area (Å²) in [5, 5.41) is 0. The quantitative estimate of drug-likeness (QED) is 0.869. The summed E-state index contributed by atoms with van der Waals surface area (Å²) in [6.07, 6.45) is 5.93. The molecule has 0 saturated heterocycles. The van der Waals surface area contributed by atoms with Crippen LogP contribution in [0.4, 0.5) is 0 Å². The van der Waals surface area contributed by atoms with E-state index < -0.39 is 0 Å². The van der Waals surface area contributed by atoms with E-state index in [1.165, 1.54) is 30.4 Å². The lowest BCUT2D eigenvalue weighted by Gasteiger charge is -2.41. The molecule has 1 aromatic rings. The van der Waals surface area contributed by atoms with Gasteiger partial charge in [0.1, 0.15) is 0 Å². The maximum absolute atomic E-state index is 6.49. The molecular formula is C15H23NO. The lowest BCUT2D eigenvalue weighted by molar-refractivity contribution is -0.0596. The number of ether oxygens (including phenoxy) is 1. The van der Waals surface area contributed by atoms with Crippen LogP contribution in [0.3, 0.4) is 0 Å². The van der Waals surface area contributed by atoms with Crippen LogP contribution in [0, 0.1) is 6.92 Å². The maximum Gasteiger partial charge on any atom is 0.0870 e. The Morgan fingerprint density at radius 2 is 1.82 bits per heavy atom. The molecule has 17 heavy (non-hydrogen) atoms. The first kappa shape index (κ1) is 12.6. The molecule has 2 heteroatoms. The molecule has 0 spiro atoms. The highest BCUT2D eigenvalue weighted by Crippen LogP contribution is 2.40. The molecule has 1 saturated carbocycles. The van der Waals surface area contributed by atoms with Gasteiger partial charge < -0.3 is 10.5 Å². The molecule has 94 valence electrons. The summed E-state index contributed by atoms with van der Waals surface area (Å²) in [5.41, 5.74) is 8.84. The number of hydrogen-bond donors (Lipinski definition) is 1. The summed E-state index contributed by atoms with van der Waals surface area (Å²) in [6, 6.07) is 8.38. The van der Waals surface area contributed by atoms with Gasteiger partial charge in [0.25, 0.3) is 0 Å². The molecule has 1 aromatic carbocycles. The Balaban J connectivity index is 2.28. The van der Waals surface area contributed by atoms with Crippen molar-refractivity contribution in [3.05, 3.63) is 35.4 Å². The van der Waals surface area contributed by atoms with Crippen molar-refractivity contribution in [2.75, 3.05) is 7.11 Å². The van der Waals surface area contributed by atoms with Crippen molar-refractivity contribution in [1.29, 1.82) is 0 Å². The minimum absolute atomic E-state index is 0.00556. The normalized spacial score (nSPS) is 21.1. The highest BCUT2D eigenvalue weighted by Gasteiger charge is 2.39. The molecule has 1 aliphatic rings. The second kappa shape index (κ2) is 5.19. The molecule has 2 N–H and O–H groups in total. The van der Waals surface area contributed by atoms with Crippen molar-refractivity contribution in [3.8, 4) is 0 Å². The van der Waals surface area contributed by atoms with Crippen molar-refractivity contribution in [3.63, 3.8) is 0 Å². The number of aryl methyl sites for hydroxylation is 1. The van der Waals surface area contributed by atoms with Gasteiger partial charge in [-0.1, -0.05) is 43.5 Å². The van der Waals surface area contributed by atoms with Gasteiger partial charge in [-0.2, -0.15) is 0 Å². The van der Waals surface area contributed by atoms with E-state index in [2.05, 4.69) is 31.2 Å². The van der Waals surface area contributed by atoms with Crippen molar-refractivity contribution >= 4 is 0 Å². The summed E-state index contributed by atoms with van der Waals surface area (Å²) in [4.78, 5) is 0. The van der Waals surface area contributed by atoms with Gasteiger partial charge in [-0.05, 0) is 30.9 Å². The van der Waals surface area contributed by atoms with Crippen LogP contribution in [0.1, 0.15) is 49.3 Å². The van der Waals surface area contributed by atoms with Crippen LogP contribution in [0.25, 0.3) is 0 Å². The average molecular weight is 233 g/mol. The van der Waals surface area contributed by atoms with E-state index in [0.717, 1.165) is 12.8 Å². The molecule has 0 aromatic heterocycles. The summed E-state index contributed by atoms with van der Waals surface area (Å²) in [6.45, 7) is 2.13. The predicted octanol–water partition coefficient (Wildman–Crippen LogP) is 3.34. The van der Waals surface area contributed by atoms with E-state index in [4.69, 9.17) is 10.5 Å². The fourth-order valence-corrected chi connectivity index (χ4v) is 3.01. The Morgan fingerprint density at radius 3 is 2.41 bits per heavy atom. The van der Waals surface area contributed by atoms with Crippen LogP contribution in [0.2, 0.25) is 0 Å². The zero-order valence-electron chi connectivity index (χ0n) is 10.9. The molecule has 2 nitrogen and oxygen atoms in total. The van der Waals surface area contributed by atoms with Crippen LogP contribution in [0.15, 0.2) is 24.3 Å². The fourth-order valence-electron chi connectivity index (χ4n) is 3.01. The third kappa shape index (κ3) is 2.38. The maximum atomic E-state index is 6.49. The molecule has 0 aliphatic heterocycles. The molecule has 0 amide bonds. The van der Waals surface area contributed by atoms with E-state index in [1.807, 2.05) is 7.11 Å². The monoisotopic (exact) mass is 233 g/mol. The van der Waals surface area contributed by atoms with Gasteiger partial charge in [-0.25, -0.2) is 0 Å². The summed E-state index contributed by atoms with van der Waals surface area (Å²) in [5.74, 6) is 0. The molecule has 0 radical (unpaired) electrons. The second-order valence-electron chi connectivity index (χ2n) is 5.16. The van der Waals surface area contributed by atoms with Crippen LogP contribution in [-0.4, -0.2) is 12.7 Å². The zero-order chi connectivity index (χ0) is 12.3. The van der Waals surface area contributed by atoms with Crippen molar-refractivity contribution in [1.82, 2.24) is 0 Å². The summed E-state index contributed by atoms with van der Waals surface area (Å²) in [7, 11) is 1.81. The van der Waals surface area contributed by atoms with E-state index in [1.54, 1.807) is 0 Å². The largest absolute Gasteiger partial charge is 0.376 e. The van der Waals surface area contributed by atoms with Crippen LogP contribution in [0.5, 0.6) is 0 Å². The first-order valence-electron chi connectivity index (χ1n) is 6.56. The second-order valence-corrected chi connectivity index (χ2v) is 5.16. The van der Waals surface area contributed by atoms with Gasteiger partial charge in [0.15, 0.2) is 0 Å². The standard InChI is InChI=1S/C15H23NO/c1-12-8-4-5-9-13(12)14(16)15(17-2)10-6-3-7-11-15/h4-5,8-9,14H,3,6-7,10-11,16H2,1-2H3. The van der Waals surface area contributed by atoms with Crippen molar-refractivity contribution < 1.29 is 4.74 Å². The summed E-state index contributed by atoms with van der Waals surface area (Å²) < 4.78 is 5.82. The Bertz CT molecular complexity index is 369. The minimum atomic E-state index is -0.148. The highest BCUT2D eigenvalue weighted by atomic mass is 16.5. The fraction of sp³-hybridized carbons (Fsp3) is 0.600. The molecule has 1 aliphatic carbocycles. The lowest BCUT2D eigenvalue weighted by atomic mass is 9.76. The van der Waals surface area contributed by atoms with Gasteiger partial charge in [0, 0.05) is 7.11 Å². The average Bonchev–Trinajstić information content (AvgIpc) is 2.39. The van der Waals surface area contributed by atoms with Crippen molar-refractivity contribution in [2.24, 2.45) is 5.73 Å². The van der Waals surface area contributed by atoms with E-state index in [0.29, 0.717) is 0 Å². The molecule has 1 atom stereocenters. The number of benzene rings is 1. The van der Waals surface area contributed by atoms with Crippen molar-refractivity contribution in [2.45, 2.75) is 50.7 Å². The Hall–Kier alpha value is -0.860. The highest BCUT2D eigenvalue weighted by molar-refractivity contribution is 5.30. The SMILES string of the molecule is COC1(C(N)c2ccccc2C)CCCCC1. The number of hydrogen-bond acceptors (Lipinski definition) is 2. The van der Waals surface area contributed by atoms with E-state index in [-0.39, 0.29) is 11.6 Å². The molecule has 0 heterocycles. The van der Waals surface area contributed by atoms with E-state index >= 15 is 0 Å². The van der Waals surface area contributed by atoms with Gasteiger partial charge in [-0.3, -0.25) is 0 Å². The zero-order valence-corrected chi connectivity index (χ0v) is 10.9. The molecule has 2 rings (SSSR count). The molecular weight excluding hydrogens is 210 g/mol. The van der Waals surface area contributed by atoms with Gasteiger partial charge >= 0.3 is 0 Å². The number of nitrogens with two attached hydrogens (primary N) is 1. The van der Waals surface area contributed by atoms with Crippen LogP contribution in [-0.2, 0) is 4.74 Å². The number of methoxy groups -OCH3 is 1. The summed E-state index contributed by atoms with van der Waals surface area (Å²) >= 11 is 0. The first-order chi connectivity index (χ1) is 8.19. The topological polar surface area (TPSA) is 35.2 Å². The van der Waals surface area contributed by atoms with Gasteiger partial charge in [-0.15, -0.1) is 0 Å². The first-order valence-corrected chi connectivity index (χ1v) is 6.56. The van der Waals surface area contributed by atoms with Gasteiger partial charge in [0.05, 0.1) is 11.6 Å². The lowest BCUT2D eigenvalue weighted by Crippen LogP contribution is -2.44. The Kier molecular flexibility index (Phi) is 3.85. The van der Waals surface area contributed by atoms with Crippen LogP contribution < -0.4 is 5.73 Å². The number of rotatable bonds is 3. The third-order valence-electron chi connectivity index (χ3n) is 4.20. The molecule has 0 bridgehead atoms. The molecule has 1 unspecified atom stereocenters. The third-order valence-corrected chi connectivity index (χ3v) is 4.20. The molecule has 1 fully saturated rings.